The second-order valence-electron chi connectivity index (χ2n) is 11.5. The van der Waals surface area contributed by atoms with Crippen molar-refractivity contribution in [2.45, 2.75) is 73.3 Å². The van der Waals surface area contributed by atoms with Crippen molar-refractivity contribution < 1.29 is 22.7 Å². The van der Waals surface area contributed by atoms with Gasteiger partial charge in [-0.1, -0.05) is 17.8 Å². The van der Waals surface area contributed by atoms with Gasteiger partial charge in [0.25, 0.3) is 12.3 Å². The summed E-state index contributed by atoms with van der Waals surface area (Å²) >= 11 is 1.88. The van der Waals surface area contributed by atoms with Crippen molar-refractivity contribution in [2.24, 2.45) is 0 Å². The Hall–Kier alpha value is -2.93. The monoisotopic (exact) mass is 618 g/mol. The number of piperazine rings is 1. The lowest BCUT2D eigenvalue weighted by Crippen LogP contribution is -2.53. The minimum atomic E-state index is -2.75. The van der Waals surface area contributed by atoms with E-state index in [0.717, 1.165) is 42.5 Å². The van der Waals surface area contributed by atoms with Crippen LogP contribution in [0.25, 0.3) is 16.1 Å². The molecule has 1 N–H and O–H groups in total. The summed E-state index contributed by atoms with van der Waals surface area (Å²) in [5, 5.41) is 22.2. The summed E-state index contributed by atoms with van der Waals surface area (Å²) in [5.41, 5.74) is 0.426. The highest BCUT2D eigenvalue weighted by Crippen LogP contribution is 2.47. The lowest BCUT2D eigenvalue weighted by atomic mass is 9.81. The Kier molecular flexibility index (Phi) is 6.87. The number of pyridine rings is 1. The molecule has 10 nitrogen and oxygen atoms in total. The molecule has 0 spiro atoms. The molecule has 4 aliphatic rings. The Morgan fingerprint density at radius 3 is 2.50 bits per heavy atom. The molecule has 222 valence electrons. The first kappa shape index (κ1) is 27.9. The van der Waals surface area contributed by atoms with Crippen LogP contribution in [0, 0.1) is 17.1 Å². The molecule has 3 saturated carbocycles. The first-order chi connectivity index (χ1) is 20.3. The summed E-state index contributed by atoms with van der Waals surface area (Å²) in [7, 11) is 1.56. The number of rotatable bonds is 9. The van der Waals surface area contributed by atoms with Gasteiger partial charge in [-0.15, -0.1) is 10.2 Å². The second kappa shape index (κ2) is 10.4. The number of alkyl halides is 2. The standard InChI is InChI=1S/C27H29F3N8O2S2/c1-40-27(7-8-27)25(39)37-11-9-36(10-12-37)24-19(28)17(42-35-26(14-31)5-6-26)13-16-18(22-32-33-23(41-22)21(29)30)20(34-38(16)24)15-3-2-4-15/h13,15,21,35H,2-12H2,1H3. The Morgan fingerprint density at radius 2 is 1.95 bits per heavy atom. The maximum atomic E-state index is 16.5. The molecule has 0 bridgehead atoms. The number of hydrogen-bond donors (Lipinski definition) is 1. The third-order valence-electron chi connectivity index (χ3n) is 8.83. The van der Waals surface area contributed by atoms with E-state index < -0.39 is 23.4 Å². The van der Waals surface area contributed by atoms with E-state index >= 15 is 4.39 Å². The average molecular weight is 619 g/mol. The third kappa shape index (κ3) is 4.63. The molecule has 0 atom stereocenters. The highest BCUT2D eigenvalue weighted by Gasteiger charge is 2.52. The number of nitriles is 1. The number of nitrogens with zero attached hydrogens (tertiary/aromatic N) is 7. The number of ether oxygens (including phenoxy) is 1. The van der Waals surface area contributed by atoms with Crippen LogP contribution in [-0.2, 0) is 9.53 Å². The van der Waals surface area contributed by atoms with Gasteiger partial charge in [0, 0.05) is 39.2 Å². The number of hydrogen-bond acceptors (Lipinski definition) is 10. The van der Waals surface area contributed by atoms with Gasteiger partial charge in [0.05, 0.1) is 27.7 Å². The van der Waals surface area contributed by atoms with Gasteiger partial charge in [-0.2, -0.15) is 10.4 Å². The van der Waals surface area contributed by atoms with Gasteiger partial charge in [-0.3, -0.25) is 4.79 Å². The second-order valence-corrected chi connectivity index (χ2v) is 13.3. The molecule has 4 fully saturated rings. The third-order valence-corrected chi connectivity index (χ3v) is 10.8. The van der Waals surface area contributed by atoms with Gasteiger partial charge < -0.3 is 14.5 Å². The summed E-state index contributed by atoms with van der Waals surface area (Å²) in [5.74, 6) is -0.182. The molecule has 1 aliphatic heterocycles. The molecule has 3 aliphatic carbocycles. The van der Waals surface area contributed by atoms with E-state index in [1.54, 1.807) is 22.6 Å². The molecule has 4 heterocycles. The zero-order valence-corrected chi connectivity index (χ0v) is 24.5. The fourth-order valence-electron chi connectivity index (χ4n) is 5.63. The smallest absolute Gasteiger partial charge is 0.291 e. The molecular formula is C27H29F3N8O2S2. The van der Waals surface area contributed by atoms with Crippen LogP contribution in [0.15, 0.2) is 11.0 Å². The molecule has 0 aromatic carbocycles. The van der Waals surface area contributed by atoms with E-state index in [9.17, 15) is 18.8 Å². The van der Waals surface area contributed by atoms with Crippen molar-refractivity contribution in [1.29, 1.82) is 5.26 Å². The van der Waals surface area contributed by atoms with E-state index in [-0.39, 0.29) is 27.5 Å². The molecule has 15 heteroatoms. The van der Waals surface area contributed by atoms with Crippen molar-refractivity contribution in [3.63, 3.8) is 0 Å². The van der Waals surface area contributed by atoms with Crippen molar-refractivity contribution in [3.8, 4) is 16.6 Å². The van der Waals surface area contributed by atoms with E-state index in [1.165, 1.54) is 0 Å². The van der Waals surface area contributed by atoms with E-state index in [0.29, 0.717) is 73.6 Å². The fraction of sp³-hybridized carbons (Fsp3) is 0.593. The van der Waals surface area contributed by atoms with Gasteiger partial charge in [0.2, 0.25) is 0 Å². The molecule has 7 rings (SSSR count). The Labute approximate surface area is 248 Å². The fourth-order valence-corrected chi connectivity index (χ4v) is 7.30. The van der Waals surface area contributed by atoms with Gasteiger partial charge in [-0.25, -0.2) is 22.4 Å². The van der Waals surface area contributed by atoms with Crippen LogP contribution in [0.2, 0.25) is 0 Å². The zero-order valence-electron chi connectivity index (χ0n) is 22.9. The summed E-state index contributed by atoms with van der Waals surface area (Å²) in [6, 6.07) is 3.92. The van der Waals surface area contributed by atoms with Crippen LogP contribution < -0.4 is 9.62 Å². The maximum Gasteiger partial charge on any atom is 0.291 e. The van der Waals surface area contributed by atoms with Gasteiger partial charge in [0.1, 0.15) is 11.1 Å². The number of methoxy groups -OCH3 is 1. The quantitative estimate of drug-likeness (QED) is 0.342. The predicted octanol–water partition coefficient (Wildman–Crippen LogP) is 4.68. The predicted molar refractivity (Wildman–Crippen MR) is 150 cm³/mol. The van der Waals surface area contributed by atoms with Gasteiger partial charge in [-0.05, 0) is 56.5 Å². The van der Waals surface area contributed by atoms with Crippen LogP contribution >= 0.6 is 23.3 Å². The number of anilines is 1. The van der Waals surface area contributed by atoms with Crippen LogP contribution in [0.5, 0.6) is 0 Å². The van der Waals surface area contributed by atoms with Crippen LogP contribution in [0.1, 0.15) is 68.0 Å². The number of halogens is 3. The van der Waals surface area contributed by atoms with Crippen molar-refractivity contribution >= 4 is 40.5 Å². The topological polar surface area (TPSA) is 112 Å². The normalized spacial score (nSPS) is 21.0. The number of fused-ring (bicyclic) bond motifs is 1. The van der Waals surface area contributed by atoms with E-state index in [1.807, 2.05) is 4.90 Å². The minimum Gasteiger partial charge on any atom is -0.368 e. The number of amides is 1. The Morgan fingerprint density at radius 1 is 1.21 bits per heavy atom. The van der Waals surface area contributed by atoms with Crippen LogP contribution in [0.3, 0.4) is 0 Å². The van der Waals surface area contributed by atoms with Gasteiger partial charge in [0.15, 0.2) is 21.7 Å². The lowest BCUT2D eigenvalue weighted by molar-refractivity contribution is -0.144. The molecule has 1 saturated heterocycles. The van der Waals surface area contributed by atoms with E-state index in [4.69, 9.17) is 9.84 Å². The zero-order chi connectivity index (χ0) is 29.2. The number of carbonyl (C=O) groups is 1. The molecule has 3 aromatic heterocycles. The lowest BCUT2D eigenvalue weighted by Gasteiger charge is -2.37. The van der Waals surface area contributed by atoms with Crippen LogP contribution in [0.4, 0.5) is 19.0 Å². The summed E-state index contributed by atoms with van der Waals surface area (Å²) < 4.78 is 53.6. The first-order valence-corrected chi connectivity index (χ1v) is 15.7. The largest absolute Gasteiger partial charge is 0.368 e. The molecule has 0 unspecified atom stereocenters. The Balaban J connectivity index is 1.31. The van der Waals surface area contributed by atoms with Crippen molar-refractivity contribution in [1.82, 2.24) is 29.4 Å². The highest BCUT2D eigenvalue weighted by atomic mass is 32.2. The number of nitrogens with one attached hydrogen (secondary N) is 1. The number of aromatic nitrogens is 4. The Bertz CT molecular complexity index is 1580. The maximum absolute atomic E-state index is 16.5. The minimum absolute atomic E-state index is 0.0326. The first-order valence-electron chi connectivity index (χ1n) is 14.1. The molecular weight excluding hydrogens is 589 g/mol. The average Bonchev–Trinajstić information content (AvgIpc) is 3.85. The van der Waals surface area contributed by atoms with Crippen molar-refractivity contribution in [2.75, 3.05) is 38.2 Å². The van der Waals surface area contributed by atoms with Gasteiger partial charge >= 0.3 is 0 Å². The highest BCUT2D eigenvalue weighted by molar-refractivity contribution is 7.97. The molecule has 0 radical (unpaired) electrons. The number of carbonyl (C=O) groups excluding carboxylic acids is 1. The van der Waals surface area contributed by atoms with Crippen molar-refractivity contribution in [3.05, 3.63) is 22.6 Å². The summed E-state index contributed by atoms with van der Waals surface area (Å²) in [4.78, 5) is 17.0. The molecule has 3 aromatic rings. The van der Waals surface area contributed by atoms with E-state index in [2.05, 4.69) is 21.0 Å². The summed E-state index contributed by atoms with van der Waals surface area (Å²) in [6.45, 7) is 1.55. The van der Waals surface area contributed by atoms with Crippen LogP contribution in [-0.4, -0.2) is 75.0 Å². The SMILES string of the molecule is COC1(C(=O)N2CCN(c3c(F)c(SNC4(C#N)CC4)cc4c(-c5nnc(C(F)F)s5)c(C5CCC5)nn34)CC2)CC1. The molecule has 42 heavy (non-hydrogen) atoms. The summed E-state index contributed by atoms with van der Waals surface area (Å²) in [6.07, 6.45) is 2.82. The molecule has 1 amide bonds.